The Kier molecular flexibility index (Phi) is 5.24. The maximum absolute atomic E-state index is 13.0. The molecule has 160 valence electrons. The molecule has 0 unspecified atom stereocenters. The Bertz CT molecular complexity index is 1300. The van der Waals surface area contributed by atoms with Crippen LogP contribution in [0.2, 0.25) is 0 Å². The lowest BCUT2D eigenvalue weighted by Gasteiger charge is -2.18. The van der Waals surface area contributed by atoms with Crippen LogP contribution in [0.15, 0.2) is 59.5 Å². The molecular weight excluding hydrogens is 422 g/mol. The van der Waals surface area contributed by atoms with Gasteiger partial charge in [-0.25, -0.2) is 8.42 Å². The number of hydrogen-bond acceptors (Lipinski definition) is 6. The standard InChI is InChI=1S/C21H19N3O6S/c1-30-18-11-10-15(24(26)27)13-16(18)22-20(25)9-4-12-23-17-7-2-5-14-6-3-8-19(21(14)17)31(23,28)29/h2-3,5-8,10-11,13H,4,9,12H2,1H3,(H,22,25). The van der Waals surface area contributed by atoms with Gasteiger partial charge in [-0.1, -0.05) is 24.3 Å². The number of nitrogens with one attached hydrogen (secondary N) is 1. The number of nitro groups is 1. The molecule has 0 saturated heterocycles. The molecule has 0 spiro atoms. The van der Waals surface area contributed by atoms with Gasteiger partial charge >= 0.3 is 0 Å². The summed E-state index contributed by atoms with van der Waals surface area (Å²) in [4.78, 5) is 23.1. The van der Waals surface area contributed by atoms with Crippen LogP contribution in [0.3, 0.4) is 0 Å². The van der Waals surface area contributed by atoms with Gasteiger partial charge in [-0.2, -0.15) is 0 Å². The average molecular weight is 441 g/mol. The summed E-state index contributed by atoms with van der Waals surface area (Å²) in [5.74, 6) is -0.102. The summed E-state index contributed by atoms with van der Waals surface area (Å²) in [5.41, 5.74) is 0.617. The van der Waals surface area contributed by atoms with E-state index < -0.39 is 20.9 Å². The molecule has 1 amide bonds. The van der Waals surface area contributed by atoms with E-state index in [1.54, 1.807) is 24.3 Å². The van der Waals surface area contributed by atoms with E-state index in [-0.39, 0.29) is 35.7 Å². The Morgan fingerprint density at radius 2 is 1.90 bits per heavy atom. The van der Waals surface area contributed by atoms with Crippen LogP contribution < -0.4 is 14.4 Å². The van der Waals surface area contributed by atoms with Crippen molar-refractivity contribution in [2.45, 2.75) is 17.7 Å². The van der Waals surface area contributed by atoms with Gasteiger partial charge in [0.25, 0.3) is 15.7 Å². The van der Waals surface area contributed by atoms with Crippen molar-refractivity contribution in [3.8, 4) is 5.75 Å². The van der Waals surface area contributed by atoms with E-state index in [0.29, 0.717) is 16.8 Å². The van der Waals surface area contributed by atoms with Gasteiger partial charge in [0.2, 0.25) is 5.91 Å². The van der Waals surface area contributed by atoms with Gasteiger partial charge in [0.15, 0.2) is 0 Å². The van der Waals surface area contributed by atoms with Crippen LogP contribution in [-0.2, 0) is 14.8 Å². The van der Waals surface area contributed by atoms with Crippen molar-refractivity contribution in [3.63, 3.8) is 0 Å². The molecule has 0 bridgehead atoms. The fraction of sp³-hybridized carbons (Fsp3) is 0.190. The van der Waals surface area contributed by atoms with Crippen molar-refractivity contribution in [3.05, 3.63) is 64.7 Å². The molecule has 1 N–H and O–H groups in total. The van der Waals surface area contributed by atoms with Crippen molar-refractivity contribution in [1.29, 1.82) is 0 Å². The minimum atomic E-state index is -3.67. The first kappa shape index (κ1) is 20.6. The highest BCUT2D eigenvalue weighted by Crippen LogP contribution is 2.42. The van der Waals surface area contributed by atoms with E-state index in [4.69, 9.17) is 4.74 Å². The number of carbonyl (C=O) groups is 1. The Hall–Kier alpha value is -3.66. The fourth-order valence-electron chi connectivity index (χ4n) is 3.70. The van der Waals surface area contributed by atoms with Gasteiger partial charge in [0.1, 0.15) is 5.75 Å². The van der Waals surface area contributed by atoms with Crippen molar-refractivity contribution in [2.75, 3.05) is 23.3 Å². The number of benzene rings is 3. The zero-order chi connectivity index (χ0) is 22.2. The third-order valence-corrected chi connectivity index (χ3v) is 6.97. The van der Waals surface area contributed by atoms with Gasteiger partial charge in [-0.15, -0.1) is 0 Å². The molecule has 0 radical (unpaired) electrons. The van der Waals surface area contributed by atoms with Crippen LogP contribution in [-0.4, -0.2) is 32.9 Å². The number of rotatable bonds is 7. The number of nitro benzene ring substituents is 1. The molecule has 4 rings (SSSR count). The molecule has 3 aromatic carbocycles. The Balaban J connectivity index is 1.46. The van der Waals surface area contributed by atoms with Crippen molar-refractivity contribution >= 4 is 43.8 Å². The summed E-state index contributed by atoms with van der Waals surface area (Å²) >= 11 is 0. The second-order valence-corrected chi connectivity index (χ2v) is 8.83. The zero-order valence-corrected chi connectivity index (χ0v) is 17.4. The summed E-state index contributed by atoms with van der Waals surface area (Å²) in [7, 11) is -2.28. The molecule has 0 fully saturated rings. The van der Waals surface area contributed by atoms with E-state index in [9.17, 15) is 23.3 Å². The Morgan fingerprint density at radius 1 is 1.16 bits per heavy atom. The van der Waals surface area contributed by atoms with Crippen LogP contribution in [0.4, 0.5) is 17.1 Å². The number of carbonyl (C=O) groups excluding carboxylic acids is 1. The predicted molar refractivity (Wildman–Crippen MR) is 116 cm³/mol. The van der Waals surface area contributed by atoms with E-state index >= 15 is 0 Å². The molecular formula is C21H19N3O6S. The lowest BCUT2D eigenvalue weighted by molar-refractivity contribution is -0.384. The van der Waals surface area contributed by atoms with E-state index in [1.807, 2.05) is 12.1 Å². The third kappa shape index (κ3) is 3.66. The summed E-state index contributed by atoms with van der Waals surface area (Å²) in [5, 5.41) is 15.1. The van der Waals surface area contributed by atoms with Crippen LogP contribution in [0, 0.1) is 10.1 Å². The maximum atomic E-state index is 13.0. The predicted octanol–water partition coefficient (Wildman–Crippen LogP) is 3.68. The first-order valence-corrected chi connectivity index (χ1v) is 10.9. The van der Waals surface area contributed by atoms with Crippen LogP contribution in [0.1, 0.15) is 12.8 Å². The van der Waals surface area contributed by atoms with E-state index in [2.05, 4.69) is 5.32 Å². The SMILES string of the molecule is COc1ccc([N+](=O)[O-])cc1NC(=O)CCCN1c2cccc3cccc(c23)S1(=O)=O. The highest BCUT2D eigenvalue weighted by Gasteiger charge is 2.35. The summed E-state index contributed by atoms with van der Waals surface area (Å²) in [6.07, 6.45) is 0.302. The maximum Gasteiger partial charge on any atom is 0.271 e. The van der Waals surface area contributed by atoms with Gasteiger partial charge in [-0.3, -0.25) is 19.2 Å². The third-order valence-electron chi connectivity index (χ3n) is 5.11. The summed E-state index contributed by atoms with van der Waals surface area (Å²) in [6, 6.07) is 14.5. The van der Waals surface area contributed by atoms with Crippen LogP contribution in [0.5, 0.6) is 5.75 Å². The zero-order valence-electron chi connectivity index (χ0n) is 16.6. The number of methoxy groups -OCH3 is 1. The number of anilines is 2. The molecule has 31 heavy (non-hydrogen) atoms. The van der Waals surface area contributed by atoms with Gasteiger partial charge in [-0.05, 0) is 30.0 Å². The lowest BCUT2D eigenvalue weighted by atomic mass is 10.1. The molecule has 1 aliphatic heterocycles. The largest absolute Gasteiger partial charge is 0.495 e. The molecule has 1 aliphatic rings. The second kappa shape index (κ2) is 7.88. The van der Waals surface area contributed by atoms with E-state index in [1.165, 1.54) is 29.6 Å². The normalized spacial score (nSPS) is 13.9. The molecule has 0 aromatic heterocycles. The van der Waals surface area contributed by atoms with Gasteiger partial charge < -0.3 is 10.1 Å². The van der Waals surface area contributed by atoms with E-state index in [0.717, 1.165) is 5.39 Å². The minimum absolute atomic E-state index is 0.0319. The monoisotopic (exact) mass is 441 g/mol. The first-order valence-electron chi connectivity index (χ1n) is 9.49. The average Bonchev–Trinajstić information content (AvgIpc) is 2.97. The molecule has 10 heteroatoms. The molecule has 0 saturated carbocycles. The topological polar surface area (TPSA) is 119 Å². The van der Waals surface area contributed by atoms with Crippen molar-refractivity contribution in [2.24, 2.45) is 0 Å². The van der Waals surface area contributed by atoms with Gasteiger partial charge in [0, 0.05) is 30.5 Å². The lowest BCUT2D eigenvalue weighted by Crippen LogP contribution is -2.29. The van der Waals surface area contributed by atoms with Gasteiger partial charge in [0.05, 0.1) is 28.3 Å². The molecule has 0 aliphatic carbocycles. The number of hydrogen-bond donors (Lipinski definition) is 1. The summed E-state index contributed by atoms with van der Waals surface area (Å²) in [6.45, 7) is 0.135. The smallest absolute Gasteiger partial charge is 0.271 e. The van der Waals surface area contributed by atoms with Crippen molar-refractivity contribution < 1.29 is 22.9 Å². The Morgan fingerprint density at radius 3 is 2.61 bits per heavy atom. The minimum Gasteiger partial charge on any atom is -0.495 e. The van der Waals surface area contributed by atoms with Crippen molar-refractivity contribution in [1.82, 2.24) is 0 Å². The van der Waals surface area contributed by atoms with Crippen LogP contribution in [0.25, 0.3) is 10.8 Å². The number of amides is 1. The number of sulfonamides is 1. The quantitative estimate of drug-likeness (QED) is 0.441. The second-order valence-electron chi connectivity index (χ2n) is 7.00. The van der Waals surface area contributed by atoms with Crippen LogP contribution >= 0.6 is 0 Å². The summed E-state index contributed by atoms with van der Waals surface area (Å²) < 4.78 is 32.4. The molecule has 0 atom stereocenters. The highest BCUT2D eigenvalue weighted by atomic mass is 32.2. The fourth-order valence-corrected chi connectivity index (χ4v) is 5.45. The number of non-ortho nitro benzene ring substituents is 1. The number of nitrogens with zero attached hydrogens (tertiary/aromatic N) is 2. The molecule has 1 heterocycles. The Labute approximate surface area is 178 Å². The molecule has 3 aromatic rings. The highest BCUT2D eigenvalue weighted by molar-refractivity contribution is 7.93. The molecule has 9 nitrogen and oxygen atoms in total. The number of ether oxygens (including phenoxy) is 1. The first-order chi connectivity index (χ1) is 14.8.